The Morgan fingerprint density at radius 3 is 2.40 bits per heavy atom. The molecule has 0 aliphatic rings. The van der Waals surface area contributed by atoms with Gasteiger partial charge in [0, 0.05) is 6.54 Å². The number of amides is 1. The monoisotopic (exact) mass is 245 g/mol. The lowest BCUT2D eigenvalue weighted by molar-refractivity contribution is -0.141. The molecule has 0 aromatic rings. The molecule has 0 rings (SSSR count). The average molecular weight is 245 g/mol. The van der Waals surface area contributed by atoms with Crippen LogP contribution >= 0.6 is 11.8 Å². The van der Waals surface area contributed by atoms with Crippen LogP contribution in [0, 0.1) is 5.92 Å². The normalized spacial score (nSPS) is 13.3. The number of hydrogen-bond acceptors (Lipinski definition) is 3. The minimum atomic E-state index is -4.45. The van der Waals surface area contributed by atoms with Crippen molar-refractivity contribution in [2.24, 2.45) is 5.92 Å². The first-order valence-corrected chi connectivity index (χ1v) is 4.91. The van der Waals surface area contributed by atoms with Gasteiger partial charge in [-0.3, -0.25) is 9.59 Å². The van der Waals surface area contributed by atoms with E-state index in [1.54, 1.807) is 0 Å². The summed E-state index contributed by atoms with van der Waals surface area (Å²) in [7, 11) is 0. The Balaban J connectivity index is 3.72. The molecule has 0 aliphatic heterocycles. The van der Waals surface area contributed by atoms with Gasteiger partial charge in [-0.15, -0.1) is 0 Å². The molecule has 88 valence electrons. The van der Waals surface area contributed by atoms with Crippen molar-refractivity contribution in [2.45, 2.75) is 12.4 Å². The van der Waals surface area contributed by atoms with Gasteiger partial charge in [0.1, 0.15) is 0 Å². The predicted molar refractivity (Wildman–Crippen MR) is 48.3 cm³/mol. The zero-order chi connectivity index (χ0) is 12.1. The van der Waals surface area contributed by atoms with Crippen LogP contribution in [0.25, 0.3) is 0 Å². The molecule has 0 fully saturated rings. The molecule has 0 aliphatic carbocycles. The number of carbonyl (C=O) groups is 2. The van der Waals surface area contributed by atoms with Gasteiger partial charge in [0.05, 0.1) is 11.7 Å². The Labute approximate surface area is 88.2 Å². The van der Waals surface area contributed by atoms with E-state index < -0.39 is 40.8 Å². The summed E-state index contributed by atoms with van der Waals surface area (Å²) in [6, 6.07) is 0. The topological polar surface area (TPSA) is 66.4 Å². The lowest BCUT2D eigenvalue weighted by Gasteiger charge is -2.09. The van der Waals surface area contributed by atoms with E-state index in [9.17, 15) is 22.8 Å². The summed E-state index contributed by atoms with van der Waals surface area (Å²) in [5.41, 5.74) is -4.45. The Hall–Kier alpha value is -0.920. The van der Waals surface area contributed by atoms with Crippen LogP contribution in [0.5, 0.6) is 0 Å². The molecule has 8 heteroatoms. The van der Waals surface area contributed by atoms with Crippen LogP contribution in [0.3, 0.4) is 0 Å². The summed E-state index contributed by atoms with van der Waals surface area (Å²) in [6.45, 7) is 1.17. The number of carboxylic acids is 1. The van der Waals surface area contributed by atoms with Crippen LogP contribution in [-0.4, -0.2) is 34.8 Å². The van der Waals surface area contributed by atoms with Gasteiger partial charge >= 0.3 is 11.5 Å². The molecule has 1 atom stereocenters. The van der Waals surface area contributed by atoms with E-state index in [0.29, 0.717) is 0 Å². The van der Waals surface area contributed by atoms with Gasteiger partial charge in [0.2, 0.25) is 5.91 Å². The van der Waals surface area contributed by atoms with Gasteiger partial charge in [0.15, 0.2) is 0 Å². The lowest BCUT2D eigenvalue weighted by Crippen LogP contribution is -2.33. The highest BCUT2D eigenvalue weighted by Gasteiger charge is 2.29. The summed E-state index contributed by atoms with van der Waals surface area (Å²) in [4.78, 5) is 21.1. The summed E-state index contributed by atoms with van der Waals surface area (Å²) in [5, 5.41) is 10.5. The van der Waals surface area contributed by atoms with E-state index in [1.165, 1.54) is 6.92 Å². The van der Waals surface area contributed by atoms with Crippen molar-refractivity contribution >= 4 is 23.6 Å². The van der Waals surface area contributed by atoms with E-state index >= 15 is 0 Å². The molecule has 0 radical (unpaired) electrons. The Kier molecular flexibility index (Phi) is 5.48. The summed E-state index contributed by atoms with van der Waals surface area (Å²) in [6.07, 6.45) is 0. The number of carboxylic acid groups (broad SMARTS) is 1. The molecule has 1 unspecified atom stereocenters. The maximum absolute atomic E-state index is 11.6. The van der Waals surface area contributed by atoms with Crippen molar-refractivity contribution < 1.29 is 27.9 Å². The number of halogens is 3. The van der Waals surface area contributed by atoms with Crippen molar-refractivity contribution in [3.8, 4) is 0 Å². The number of aliphatic carboxylic acids is 1. The first-order chi connectivity index (χ1) is 6.72. The number of hydrogen-bond donors (Lipinski definition) is 2. The predicted octanol–water partition coefficient (Wildman–Crippen LogP) is 1.08. The largest absolute Gasteiger partial charge is 0.481 e. The van der Waals surface area contributed by atoms with E-state index in [-0.39, 0.29) is 6.54 Å². The summed E-state index contributed by atoms with van der Waals surface area (Å²) >= 11 is -0.458. The first-order valence-electron chi connectivity index (χ1n) is 3.92. The highest BCUT2D eigenvalue weighted by Crippen LogP contribution is 2.29. The van der Waals surface area contributed by atoms with Crippen molar-refractivity contribution in [3.63, 3.8) is 0 Å². The number of nitrogens with one attached hydrogen (secondary N) is 1. The van der Waals surface area contributed by atoms with Crippen LogP contribution < -0.4 is 5.32 Å². The van der Waals surface area contributed by atoms with Crippen LogP contribution in [0.1, 0.15) is 6.92 Å². The van der Waals surface area contributed by atoms with Crippen molar-refractivity contribution in [3.05, 3.63) is 0 Å². The fourth-order valence-electron chi connectivity index (χ4n) is 0.553. The molecule has 0 spiro atoms. The lowest BCUT2D eigenvalue weighted by atomic mass is 10.2. The van der Waals surface area contributed by atoms with Gasteiger partial charge in [-0.05, 0) is 11.8 Å². The Morgan fingerprint density at radius 1 is 1.47 bits per heavy atom. The molecular formula is C7H10F3NO3S. The number of thioether (sulfide) groups is 1. The van der Waals surface area contributed by atoms with Gasteiger partial charge < -0.3 is 10.4 Å². The molecular weight excluding hydrogens is 235 g/mol. The van der Waals surface area contributed by atoms with Gasteiger partial charge in [0.25, 0.3) is 0 Å². The quantitative estimate of drug-likeness (QED) is 0.760. The van der Waals surface area contributed by atoms with Gasteiger partial charge in [-0.2, -0.15) is 13.2 Å². The molecule has 15 heavy (non-hydrogen) atoms. The van der Waals surface area contributed by atoms with E-state index in [2.05, 4.69) is 5.32 Å². The Morgan fingerprint density at radius 2 is 2.00 bits per heavy atom. The number of carbonyl (C=O) groups excluding carboxylic acids is 1. The van der Waals surface area contributed by atoms with Crippen molar-refractivity contribution in [1.29, 1.82) is 0 Å². The zero-order valence-corrected chi connectivity index (χ0v) is 8.61. The molecule has 0 aromatic heterocycles. The molecule has 0 aromatic carbocycles. The maximum atomic E-state index is 11.6. The van der Waals surface area contributed by atoms with Crippen LogP contribution in [-0.2, 0) is 9.59 Å². The highest BCUT2D eigenvalue weighted by molar-refractivity contribution is 8.00. The van der Waals surface area contributed by atoms with E-state index in [0.717, 1.165) is 0 Å². The SMILES string of the molecule is CC(CNC(=O)CSC(F)(F)F)C(=O)O. The second-order valence-corrected chi connectivity index (χ2v) is 3.82. The number of alkyl halides is 3. The van der Waals surface area contributed by atoms with Gasteiger partial charge in [-0.1, -0.05) is 6.92 Å². The van der Waals surface area contributed by atoms with Crippen LogP contribution in [0.2, 0.25) is 0 Å². The third-order valence-corrected chi connectivity index (χ3v) is 2.13. The maximum Gasteiger partial charge on any atom is 0.442 e. The molecule has 0 saturated carbocycles. The third-order valence-electron chi connectivity index (χ3n) is 1.39. The molecule has 4 nitrogen and oxygen atoms in total. The standard InChI is InChI=1S/C7H10F3NO3S/c1-4(6(13)14)2-11-5(12)3-15-7(8,9)10/h4H,2-3H2,1H3,(H,11,12)(H,13,14). The molecule has 0 saturated heterocycles. The van der Waals surface area contributed by atoms with E-state index in [4.69, 9.17) is 5.11 Å². The molecule has 0 bridgehead atoms. The zero-order valence-electron chi connectivity index (χ0n) is 7.80. The van der Waals surface area contributed by atoms with Crippen molar-refractivity contribution in [2.75, 3.05) is 12.3 Å². The van der Waals surface area contributed by atoms with Crippen molar-refractivity contribution in [1.82, 2.24) is 5.32 Å². The van der Waals surface area contributed by atoms with E-state index in [1.807, 2.05) is 0 Å². The molecule has 0 heterocycles. The number of rotatable bonds is 5. The fourth-order valence-corrected chi connectivity index (χ4v) is 0.949. The Bertz CT molecular complexity index is 244. The van der Waals surface area contributed by atoms with Crippen LogP contribution in [0.4, 0.5) is 13.2 Å². The summed E-state index contributed by atoms with van der Waals surface area (Å²) in [5.74, 6) is -3.51. The second kappa shape index (κ2) is 5.84. The second-order valence-electron chi connectivity index (χ2n) is 2.78. The average Bonchev–Trinajstić information content (AvgIpc) is 2.09. The fraction of sp³-hybridized carbons (Fsp3) is 0.714. The minimum absolute atomic E-state index is 0.174. The first kappa shape index (κ1) is 14.1. The van der Waals surface area contributed by atoms with Crippen LogP contribution in [0.15, 0.2) is 0 Å². The smallest absolute Gasteiger partial charge is 0.442 e. The minimum Gasteiger partial charge on any atom is -0.481 e. The molecule has 2 N–H and O–H groups in total. The molecule has 1 amide bonds. The summed E-state index contributed by atoms with van der Waals surface area (Å²) < 4.78 is 34.9. The third kappa shape index (κ3) is 8.10. The van der Waals surface area contributed by atoms with Gasteiger partial charge in [-0.25, -0.2) is 0 Å². The highest BCUT2D eigenvalue weighted by atomic mass is 32.2.